The minimum Gasteiger partial charge on any atom is -0.467 e. The maximum atomic E-state index is 12.7. The lowest BCUT2D eigenvalue weighted by molar-refractivity contribution is 0.0630. The molecule has 0 saturated carbocycles. The van der Waals surface area contributed by atoms with E-state index in [0.29, 0.717) is 11.4 Å². The number of carbonyl (C=O) groups is 5. The van der Waals surface area contributed by atoms with Crippen LogP contribution in [0.1, 0.15) is 57.6 Å². The van der Waals surface area contributed by atoms with Crippen molar-refractivity contribution in [3.8, 4) is 0 Å². The van der Waals surface area contributed by atoms with Crippen LogP contribution in [-0.2, 0) is 6.54 Å². The van der Waals surface area contributed by atoms with Crippen molar-refractivity contribution >= 4 is 35.2 Å². The number of imide groups is 2. The molecule has 0 aliphatic carbocycles. The van der Waals surface area contributed by atoms with Gasteiger partial charge in [-0.25, -0.2) is 0 Å². The number of hydrogen-bond donors (Lipinski definition) is 2. The summed E-state index contributed by atoms with van der Waals surface area (Å²) in [5.41, 5.74) is 1.23. The maximum Gasteiger partial charge on any atom is 0.261 e. The molecule has 0 atom stereocenters. The summed E-state index contributed by atoms with van der Waals surface area (Å²) in [6.07, 6.45) is 1.45. The minimum absolute atomic E-state index is 0.00319. The second kappa shape index (κ2) is 6.77. The van der Waals surface area contributed by atoms with Gasteiger partial charge in [0.05, 0.1) is 35.1 Å². The van der Waals surface area contributed by atoms with Crippen LogP contribution in [0.15, 0.2) is 59.2 Å². The molecule has 2 N–H and O–H groups in total. The zero-order chi connectivity index (χ0) is 21.7. The molecule has 9 nitrogen and oxygen atoms in total. The number of amides is 5. The van der Waals surface area contributed by atoms with E-state index in [1.807, 2.05) is 0 Å². The lowest BCUT2D eigenvalue weighted by atomic mass is 10.0. The van der Waals surface area contributed by atoms with Gasteiger partial charge in [0.25, 0.3) is 29.5 Å². The summed E-state index contributed by atoms with van der Waals surface area (Å²) >= 11 is 0. The van der Waals surface area contributed by atoms with Crippen LogP contribution in [0.2, 0.25) is 0 Å². The lowest BCUT2D eigenvalue weighted by Gasteiger charge is -2.11. The highest BCUT2D eigenvalue weighted by Gasteiger charge is 2.36. The first-order valence-electron chi connectivity index (χ1n) is 9.26. The predicted octanol–water partition coefficient (Wildman–Crippen LogP) is 2.21. The van der Waals surface area contributed by atoms with Crippen molar-refractivity contribution in [1.29, 1.82) is 0 Å². The van der Waals surface area contributed by atoms with Crippen molar-refractivity contribution in [2.45, 2.75) is 6.54 Å². The highest BCUT2D eigenvalue weighted by Crippen LogP contribution is 2.26. The Morgan fingerprint density at radius 3 is 2.39 bits per heavy atom. The van der Waals surface area contributed by atoms with Crippen LogP contribution >= 0.6 is 0 Å². The van der Waals surface area contributed by atoms with Crippen molar-refractivity contribution in [2.24, 2.45) is 0 Å². The molecule has 5 amide bonds. The summed E-state index contributed by atoms with van der Waals surface area (Å²) in [7, 11) is 0. The lowest BCUT2D eigenvalue weighted by Crippen LogP contribution is -2.28. The van der Waals surface area contributed by atoms with Crippen molar-refractivity contribution in [3.63, 3.8) is 0 Å². The van der Waals surface area contributed by atoms with Crippen molar-refractivity contribution in [1.82, 2.24) is 10.2 Å². The second-order valence-electron chi connectivity index (χ2n) is 7.03. The largest absolute Gasteiger partial charge is 0.467 e. The van der Waals surface area contributed by atoms with E-state index < -0.39 is 29.5 Å². The van der Waals surface area contributed by atoms with Crippen LogP contribution in [0, 0.1) is 0 Å². The number of benzene rings is 2. The van der Waals surface area contributed by atoms with Crippen LogP contribution < -0.4 is 10.6 Å². The molecule has 0 unspecified atom stereocenters. The third kappa shape index (κ3) is 2.99. The van der Waals surface area contributed by atoms with E-state index in [-0.39, 0.29) is 34.4 Å². The van der Waals surface area contributed by atoms with Gasteiger partial charge in [0.2, 0.25) is 0 Å². The first-order chi connectivity index (χ1) is 14.9. The molecular weight excluding hydrogens is 402 g/mol. The Balaban J connectivity index is 1.38. The van der Waals surface area contributed by atoms with Gasteiger partial charge in [-0.1, -0.05) is 0 Å². The first-order valence-corrected chi connectivity index (χ1v) is 9.26. The number of carbonyl (C=O) groups excluding carboxylic acids is 5. The third-order valence-electron chi connectivity index (χ3n) is 5.12. The molecule has 5 rings (SSSR count). The van der Waals surface area contributed by atoms with E-state index in [1.54, 1.807) is 12.1 Å². The number of nitrogens with zero attached hydrogens (tertiary/aromatic N) is 1. The number of anilines is 1. The van der Waals surface area contributed by atoms with Gasteiger partial charge in [0, 0.05) is 11.3 Å². The fourth-order valence-electron chi connectivity index (χ4n) is 3.58. The van der Waals surface area contributed by atoms with E-state index in [2.05, 4.69) is 10.6 Å². The molecule has 2 aliphatic heterocycles. The molecule has 1 aromatic heterocycles. The third-order valence-corrected chi connectivity index (χ3v) is 5.12. The average Bonchev–Trinajstić information content (AvgIpc) is 3.43. The molecule has 0 radical (unpaired) electrons. The van der Waals surface area contributed by atoms with Crippen LogP contribution in [0.3, 0.4) is 0 Å². The zero-order valence-corrected chi connectivity index (χ0v) is 15.8. The van der Waals surface area contributed by atoms with Crippen LogP contribution in [-0.4, -0.2) is 34.4 Å². The van der Waals surface area contributed by atoms with Gasteiger partial charge in [0.15, 0.2) is 0 Å². The van der Waals surface area contributed by atoms with E-state index in [1.165, 1.54) is 42.7 Å². The quantitative estimate of drug-likeness (QED) is 0.630. The Bertz CT molecular complexity index is 1310. The highest BCUT2D eigenvalue weighted by molar-refractivity contribution is 6.23. The van der Waals surface area contributed by atoms with E-state index in [4.69, 9.17) is 4.42 Å². The highest BCUT2D eigenvalue weighted by atomic mass is 16.3. The van der Waals surface area contributed by atoms with Crippen LogP contribution in [0.25, 0.3) is 0 Å². The number of nitrogens with one attached hydrogen (secondary N) is 2. The average molecular weight is 415 g/mol. The Morgan fingerprint density at radius 1 is 0.871 bits per heavy atom. The van der Waals surface area contributed by atoms with E-state index >= 15 is 0 Å². The van der Waals surface area contributed by atoms with Gasteiger partial charge in [-0.05, 0) is 48.5 Å². The summed E-state index contributed by atoms with van der Waals surface area (Å²) in [6, 6.07) is 11.9. The number of furan rings is 1. The Kier molecular flexibility index (Phi) is 4.04. The predicted molar refractivity (Wildman–Crippen MR) is 106 cm³/mol. The van der Waals surface area contributed by atoms with Gasteiger partial charge < -0.3 is 9.73 Å². The standard InChI is InChI=1S/C22H13N3O6/c26-18(23-12-4-6-14-16(9-12)20(28)24-19(14)27)11-3-5-15-17(8-11)22(30)25(21(15)29)10-13-2-1-7-31-13/h1-9H,10H2,(H,23,26)(H,24,27,28). The van der Waals surface area contributed by atoms with Crippen molar-refractivity contribution in [2.75, 3.05) is 5.32 Å². The van der Waals surface area contributed by atoms with Crippen molar-refractivity contribution < 1.29 is 28.4 Å². The van der Waals surface area contributed by atoms with Gasteiger partial charge in [-0.15, -0.1) is 0 Å². The molecule has 0 fully saturated rings. The SMILES string of the molecule is O=C(Nc1ccc2c(c1)C(=O)NC2=O)c1ccc2c(c1)C(=O)N(Cc1ccco1)C2=O. The summed E-state index contributed by atoms with van der Waals surface area (Å²) in [5.74, 6) is -2.06. The number of fused-ring (bicyclic) bond motifs is 2. The minimum atomic E-state index is -0.533. The Morgan fingerprint density at radius 2 is 1.61 bits per heavy atom. The molecule has 3 aromatic rings. The van der Waals surface area contributed by atoms with Gasteiger partial charge in [0.1, 0.15) is 5.76 Å². The fourth-order valence-corrected chi connectivity index (χ4v) is 3.58. The van der Waals surface area contributed by atoms with Crippen LogP contribution in [0.4, 0.5) is 5.69 Å². The van der Waals surface area contributed by atoms with Gasteiger partial charge in [-0.2, -0.15) is 0 Å². The molecule has 0 saturated heterocycles. The smallest absolute Gasteiger partial charge is 0.261 e. The molecule has 31 heavy (non-hydrogen) atoms. The molecule has 2 aliphatic rings. The summed E-state index contributed by atoms with van der Waals surface area (Å²) in [5, 5.41) is 4.81. The van der Waals surface area contributed by atoms with E-state index in [0.717, 1.165) is 4.90 Å². The molecule has 2 aromatic carbocycles. The Labute approximate surface area is 174 Å². The summed E-state index contributed by atoms with van der Waals surface area (Å²) in [4.78, 5) is 62.5. The van der Waals surface area contributed by atoms with Crippen LogP contribution in [0.5, 0.6) is 0 Å². The van der Waals surface area contributed by atoms with Gasteiger partial charge >= 0.3 is 0 Å². The summed E-state index contributed by atoms with van der Waals surface area (Å²) in [6.45, 7) is -0.00319. The second-order valence-corrected chi connectivity index (χ2v) is 7.03. The van der Waals surface area contributed by atoms with Crippen molar-refractivity contribution in [3.05, 3.63) is 88.4 Å². The molecular formula is C22H13N3O6. The first kappa shape index (κ1) is 18.5. The summed E-state index contributed by atoms with van der Waals surface area (Å²) < 4.78 is 5.21. The fraction of sp³-hybridized carbons (Fsp3) is 0.0455. The Hall–Kier alpha value is -4.53. The molecule has 9 heteroatoms. The normalized spacial score (nSPS) is 14.5. The molecule has 0 spiro atoms. The monoisotopic (exact) mass is 415 g/mol. The topological polar surface area (TPSA) is 126 Å². The molecule has 3 heterocycles. The van der Waals surface area contributed by atoms with E-state index in [9.17, 15) is 24.0 Å². The number of rotatable bonds is 4. The molecule has 152 valence electrons. The molecule has 0 bridgehead atoms. The van der Waals surface area contributed by atoms with Gasteiger partial charge in [-0.3, -0.25) is 34.2 Å². The zero-order valence-electron chi connectivity index (χ0n) is 15.8. The maximum absolute atomic E-state index is 12.7. The number of hydrogen-bond acceptors (Lipinski definition) is 6.